The first kappa shape index (κ1) is 21.9. The standard InChI is InChI=1S/C18H31N7O.HI/c1-19-17(20-12-15-23-22-14-8-4-7-11-25(14)15)21-13-18(9-5-6-10-18)16(26)24(2)3;/h4-13H2,1-3H3,(H2,19,20,21);1H. The number of aryl methyl sites for hydroxylation is 1. The fourth-order valence-corrected chi connectivity index (χ4v) is 4.13. The van der Waals surface area contributed by atoms with Gasteiger partial charge in [-0.05, 0) is 25.7 Å². The molecule has 2 aliphatic rings. The van der Waals surface area contributed by atoms with E-state index in [2.05, 4.69) is 30.4 Å². The largest absolute Gasteiger partial charge is 0.355 e. The fraction of sp³-hybridized carbons (Fsp3) is 0.778. The number of aromatic nitrogens is 3. The molecular weight excluding hydrogens is 457 g/mol. The normalized spacial score (nSPS) is 18.4. The second kappa shape index (κ2) is 9.70. The molecular formula is C18H32IN7O. The van der Waals surface area contributed by atoms with Crippen molar-refractivity contribution in [2.24, 2.45) is 10.4 Å². The zero-order valence-electron chi connectivity index (χ0n) is 16.6. The number of hydrogen-bond donors (Lipinski definition) is 2. The Labute approximate surface area is 178 Å². The van der Waals surface area contributed by atoms with Crippen molar-refractivity contribution < 1.29 is 4.79 Å². The number of carbonyl (C=O) groups is 1. The van der Waals surface area contributed by atoms with Crippen LogP contribution in [0.5, 0.6) is 0 Å². The van der Waals surface area contributed by atoms with Gasteiger partial charge in [-0.2, -0.15) is 0 Å². The van der Waals surface area contributed by atoms with Gasteiger partial charge in [-0.15, -0.1) is 34.2 Å². The van der Waals surface area contributed by atoms with Crippen LogP contribution < -0.4 is 10.6 Å². The molecule has 0 unspecified atom stereocenters. The summed E-state index contributed by atoms with van der Waals surface area (Å²) in [6.45, 7) is 2.19. The van der Waals surface area contributed by atoms with Crippen molar-refractivity contribution in [1.29, 1.82) is 0 Å². The Balaban J connectivity index is 0.00000261. The van der Waals surface area contributed by atoms with E-state index in [1.54, 1.807) is 11.9 Å². The first-order chi connectivity index (χ1) is 12.6. The summed E-state index contributed by atoms with van der Waals surface area (Å²) in [5, 5.41) is 15.3. The van der Waals surface area contributed by atoms with Crippen LogP contribution in [-0.4, -0.2) is 59.2 Å². The van der Waals surface area contributed by atoms with Gasteiger partial charge in [0.25, 0.3) is 0 Å². The zero-order valence-corrected chi connectivity index (χ0v) is 19.0. The Morgan fingerprint density at radius 3 is 2.59 bits per heavy atom. The number of carbonyl (C=O) groups excluding carboxylic acids is 1. The van der Waals surface area contributed by atoms with Crippen molar-refractivity contribution in [3.63, 3.8) is 0 Å². The van der Waals surface area contributed by atoms with E-state index in [-0.39, 0.29) is 35.3 Å². The number of rotatable bonds is 5. The van der Waals surface area contributed by atoms with Gasteiger partial charge in [-0.1, -0.05) is 12.8 Å². The van der Waals surface area contributed by atoms with Crippen molar-refractivity contribution in [3.05, 3.63) is 11.6 Å². The first-order valence-corrected chi connectivity index (χ1v) is 9.63. The lowest BCUT2D eigenvalue weighted by molar-refractivity contribution is -0.138. The highest BCUT2D eigenvalue weighted by atomic mass is 127. The van der Waals surface area contributed by atoms with Crippen LogP contribution in [0.4, 0.5) is 0 Å². The first-order valence-electron chi connectivity index (χ1n) is 9.63. The number of fused-ring (bicyclic) bond motifs is 1. The summed E-state index contributed by atoms with van der Waals surface area (Å²) >= 11 is 0. The predicted octanol–water partition coefficient (Wildman–Crippen LogP) is 1.55. The average molecular weight is 489 g/mol. The van der Waals surface area contributed by atoms with Gasteiger partial charge in [-0.3, -0.25) is 9.79 Å². The lowest BCUT2D eigenvalue weighted by Gasteiger charge is -2.31. The minimum Gasteiger partial charge on any atom is -0.355 e. The van der Waals surface area contributed by atoms with Crippen molar-refractivity contribution in [2.45, 2.75) is 58.0 Å². The molecule has 152 valence electrons. The third-order valence-electron chi connectivity index (χ3n) is 5.59. The molecule has 0 bridgehead atoms. The lowest BCUT2D eigenvalue weighted by atomic mass is 9.84. The molecule has 3 rings (SSSR count). The molecule has 27 heavy (non-hydrogen) atoms. The minimum atomic E-state index is -0.310. The number of nitrogens with one attached hydrogen (secondary N) is 2. The van der Waals surface area contributed by atoms with Crippen LogP contribution in [0, 0.1) is 5.41 Å². The van der Waals surface area contributed by atoms with E-state index in [0.717, 1.165) is 50.3 Å². The van der Waals surface area contributed by atoms with Gasteiger partial charge in [0, 0.05) is 40.7 Å². The molecule has 1 aromatic rings. The highest BCUT2D eigenvalue weighted by Gasteiger charge is 2.42. The van der Waals surface area contributed by atoms with Crippen molar-refractivity contribution in [2.75, 3.05) is 27.7 Å². The zero-order chi connectivity index (χ0) is 18.6. The maximum atomic E-state index is 12.7. The maximum Gasteiger partial charge on any atom is 0.230 e. The average Bonchev–Trinajstić information content (AvgIpc) is 3.29. The lowest BCUT2D eigenvalue weighted by Crippen LogP contribution is -2.49. The van der Waals surface area contributed by atoms with Gasteiger partial charge in [0.05, 0.1) is 12.0 Å². The SMILES string of the molecule is CN=C(NCc1nnc2n1CCCC2)NCC1(C(=O)N(C)C)CCCC1.I. The van der Waals surface area contributed by atoms with E-state index < -0.39 is 0 Å². The maximum absolute atomic E-state index is 12.7. The van der Waals surface area contributed by atoms with E-state index in [0.29, 0.717) is 19.0 Å². The molecule has 0 saturated heterocycles. The number of amides is 1. The summed E-state index contributed by atoms with van der Waals surface area (Å²) in [6, 6.07) is 0. The predicted molar refractivity (Wildman–Crippen MR) is 116 cm³/mol. The molecule has 1 amide bonds. The topological polar surface area (TPSA) is 87.4 Å². The second-order valence-electron chi connectivity index (χ2n) is 7.61. The summed E-state index contributed by atoms with van der Waals surface area (Å²) in [5.74, 6) is 2.94. The second-order valence-corrected chi connectivity index (χ2v) is 7.61. The number of aliphatic imine (C=N–C) groups is 1. The van der Waals surface area contributed by atoms with Gasteiger partial charge in [-0.25, -0.2) is 0 Å². The van der Waals surface area contributed by atoms with Gasteiger partial charge < -0.3 is 20.1 Å². The van der Waals surface area contributed by atoms with Crippen LogP contribution in [-0.2, 0) is 24.3 Å². The molecule has 0 aromatic carbocycles. The Bertz CT molecular complexity index is 665. The summed E-state index contributed by atoms with van der Waals surface area (Å²) in [7, 11) is 5.43. The quantitative estimate of drug-likeness (QED) is 0.373. The summed E-state index contributed by atoms with van der Waals surface area (Å²) in [6.07, 6.45) is 7.47. The van der Waals surface area contributed by atoms with Crippen molar-refractivity contribution in [1.82, 2.24) is 30.3 Å². The molecule has 1 fully saturated rings. The molecule has 8 nitrogen and oxygen atoms in total. The fourth-order valence-electron chi connectivity index (χ4n) is 4.13. The smallest absolute Gasteiger partial charge is 0.230 e. The molecule has 1 aliphatic carbocycles. The summed E-state index contributed by atoms with van der Waals surface area (Å²) in [4.78, 5) is 18.7. The Morgan fingerprint density at radius 1 is 1.19 bits per heavy atom. The monoisotopic (exact) mass is 489 g/mol. The highest BCUT2D eigenvalue weighted by Crippen LogP contribution is 2.38. The van der Waals surface area contributed by atoms with Crippen LogP contribution in [0.2, 0.25) is 0 Å². The van der Waals surface area contributed by atoms with E-state index in [1.807, 2.05) is 14.1 Å². The van der Waals surface area contributed by atoms with Crippen LogP contribution in [0.1, 0.15) is 50.2 Å². The minimum absolute atomic E-state index is 0. The van der Waals surface area contributed by atoms with Gasteiger partial charge in [0.15, 0.2) is 11.8 Å². The molecule has 1 aromatic heterocycles. The van der Waals surface area contributed by atoms with Gasteiger partial charge >= 0.3 is 0 Å². The van der Waals surface area contributed by atoms with Crippen LogP contribution >= 0.6 is 24.0 Å². The molecule has 0 spiro atoms. The van der Waals surface area contributed by atoms with E-state index in [4.69, 9.17) is 0 Å². The molecule has 0 radical (unpaired) electrons. The van der Waals surface area contributed by atoms with Crippen molar-refractivity contribution in [3.8, 4) is 0 Å². The van der Waals surface area contributed by atoms with Gasteiger partial charge in [0.2, 0.25) is 5.91 Å². The highest BCUT2D eigenvalue weighted by molar-refractivity contribution is 14.0. The van der Waals surface area contributed by atoms with E-state index in [9.17, 15) is 4.79 Å². The number of guanidine groups is 1. The van der Waals surface area contributed by atoms with Gasteiger partial charge in [0.1, 0.15) is 5.82 Å². The van der Waals surface area contributed by atoms with Crippen LogP contribution in [0.3, 0.4) is 0 Å². The molecule has 1 aliphatic heterocycles. The molecule has 2 heterocycles. The Morgan fingerprint density at radius 2 is 1.93 bits per heavy atom. The summed E-state index contributed by atoms with van der Waals surface area (Å²) in [5.41, 5.74) is -0.310. The number of nitrogens with zero attached hydrogens (tertiary/aromatic N) is 5. The Hall–Kier alpha value is -1.39. The van der Waals surface area contributed by atoms with E-state index in [1.165, 1.54) is 12.8 Å². The molecule has 1 saturated carbocycles. The Kier molecular flexibility index (Phi) is 7.87. The third kappa shape index (κ3) is 4.91. The number of halogens is 1. The molecule has 9 heteroatoms. The van der Waals surface area contributed by atoms with Crippen LogP contribution in [0.25, 0.3) is 0 Å². The molecule has 0 atom stereocenters. The van der Waals surface area contributed by atoms with E-state index >= 15 is 0 Å². The third-order valence-corrected chi connectivity index (χ3v) is 5.59. The molecule has 2 N–H and O–H groups in total. The van der Waals surface area contributed by atoms with Crippen molar-refractivity contribution >= 4 is 35.8 Å². The number of hydrogen-bond acceptors (Lipinski definition) is 4. The summed E-state index contributed by atoms with van der Waals surface area (Å²) < 4.78 is 2.21. The van der Waals surface area contributed by atoms with Crippen LogP contribution in [0.15, 0.2) is 4.99 Å².